The molecular formula is CH4CuNO2. The Kier molecular flexibility index (Phi) is 7.01. The van der Waals surface area contributed by atoms with Gasteiger partial charge in [0.05, 0.1) is 0 Å². The van der Waals surface area contributed by atoms with Crippen LogP contribution < -0.4 is 6.15 Å². The third-order valence-corrected chi connectivity index (χ3v) is 0. The molecule has 0 aliphatic heterocycles. The Morgan fingerprint density at radius 3 is 1.80 bits per heavy atom. The molecule has 0 aliphatic rings. The third-order valence-electron chi connectivity index (χ3n) is 0. The summed E-state index contributed by atoms with van der Waals surface area (Å²) in [4.78, 5) is 7.53. The van der Waals surface area contributed by atoms with Gasteiger partial charge in [-0.15, -0.1) is 0 Å². The minimum atomic E-state index is -1.27. The van der Waals surface area contributed by atoms with Crippen molar-refractivity contribution in [1.82, 2.24) is 6.15 Å². The van der Waals surface area contributed by atoms with Crippen molar-refractivity contribution < 1.29 is 25.9 Å². The van der Waals surface area contributed by atoms with Crippen LogP contribution in [0.2, 0.25) is 0 Å². The van der Waals surface area contributed by atoms with Gasteiger partial charge in [0.1, 0.15) is 0 Å². The van der Waals surface area contributed by atoms with E-state index in [2.05, 4.69) is 16.0 Å². The van der Waals surface area contributed by atoms with Crippen molar-refractivity contribution in [1.29, 1.82) is 0 Å². The van der Waals surface area contributed by atoms with E-state index in [1.54, 1.807) is 0 Å². The van der Waals surface area contributed by atoms with Crippen LogP contribution in [0.15, 0.2) is 0 Å². The van der Waals surface area contributed by atoms with Crippen LogP contribution in [-0.2, 0) is 16.0 Å². The fourth-order valence-corrected chi connectivity index (χ4v) is 0. The van der Waals surface area contributed by atoms with Crippen LogP contribution in [-0.4, -0.2) is 9.97 Å². The molecule has 4 N–H and O–H groups in total. The zero-order valence-corrected chi connectivity index (χ0v) is 3.31. The second kappa shape index (κ2) is 3.95. The average molecular weight is 126 g/mol. The van der Waals surface area contributed by atoms with E-state index in [1.807, 2.05) is 0 Å². The Labute approximate surface area is 37.8 Å². The first-order chi connectivity index (χ1) is 1.73. The molecule has 0 aliphatic carbocycles. The number of hydrogen-bond donors (Lipinski definition) is 2. The summed E-state index contributed by atoms with van der Waals surface area (Å²) in [5.74, 6) is 0. The van der Waals surface area contributed by atoms with Gasteiger partial charge in [0.15, 0.2) is 0 Å². The zero-order chi connectivity index (χ0) is 3.58. The third kappa shape index (κ3) is 5880. The fraction of sp³-hybridized carbons (Fsp3) is 0. The average Bonchev–Trinajstić information content (AvgIpc) is 0.811. The molecule has 0 spiro atoms. The van der Waals surface area contributed by atoms with Gasteiger partial charge in [0.2, 0.25) is 0 Å². The summed E-state index contributed by atoms with van der Waals surface area (Å²) < 4.78 is 0. The molecule has 0 amide bonds. The van der Waals surface area contributed by atoms with Crippen molar-refractivity contribution in [3.8, 4) is 0 Å². The molecule has 0 saturated carbocycles. The van der Waals surface area contributed by atoms with Crippen LogP contribution in [0, 0.1) is 0 Å². The van der Waals surface area contributed by atoms with Gasteiger partial charge in [-0.1, -0.05) is 0 Å². The molecule has 0 heterocycles. The molecule has 0 rings (SSSR count). The molecule has 3 nitrogen and oxygen atoms in total. The zero-order valence-electron chi connectivity index (χ0n) is 2.36. The van der Waals surface area contributed by atoms with E-state index in [0.717, 1.165) is 0 Å². The van der Waals surface area contributed by atoms with Crippen LogP contribution in [0.1, 0.15) is 0 Å². The maximum atomic E-state index is 8.81. The van der Waals surface area contributed by atoms with Gasteiger partial charge in [-0.3, -0.25) is 0 Å². The predicted octanol–water partition coefficient (Wildman–Crippen LogP) is 0.373. The van der Waals surface area contributed by atoms with Gasteiger partial charge in [0, 0.05) is 0 Å². The van der Waals surface area contributed by atoms with Crippen molar-refractivity contribution in [2.75, 3.05) is 0 Å². The maximum absolute atomic E-state index is 8.81. The minimum absolute atomic E-state index is 0. The quantitative estimate of drug-likeness (QED) is 0.460. The Morgan fingerprint density at radius 2 is 1.80 bits per heavy atom. The SMILES string of the molecule is N.O=[C](O)[Cu]. The van der Waals surface area contributed by atoms with E-state index in [1.165, 1.54) is 0 Å². The van der Waals surface area contributed by atoms with Crippen LogP contribution in [0.25, 0.3) is 0 Å². The normalized spacial score (nSPS) is 5.20. The van der Waals surface area contributed by atoms with E-state index in [0.29, 0.717) is 0 Å². The monoisotopic (exact) mass is 125 g/mol. The van der Waals surface area contributed by atoms with E-state index < -0.39 is 4.87 Å². The molecule has 0 aromatic heterocycles. The first-order valence-electron chi connectivity index (χ1n) is 0.578. The number of hydrogen-bond acceptors (Lipinski definition) is 2. The molecule has 0 unspecified atom stereocenters. The molecular weight excluding hydrogens is 122 g/mol. The summed E-state index contributed by atoms with van der Waals surface area (Å²) in [6.45, 7) is 0. The first-order valence-corrected chi connectivity index (χ1v) is 1.05. The standard InChI is InChI=1S/CHO2.Cu.H3N/c2-1-3;;/h(H,2,3);;1H3. The molecule has 0 saturated heterocycles. The van der Waals surface area contributed by atoms with Crippen LogP contribution in [0.3, 0.4) is 0 Å². The van der Waals surface area contributed by atoms with E-state index in [4.69, 9.17) is 9.90 Å². The Balaban J connectivity index is 0. The van der Waals surface area contributed by atoms with E-state index in [-0.39, 0.29) is 6.15 Å². The van der Waals surface area contributed by atoms with Gasteiger partial charge in [-0.05, 0) is 0 Å². The summed E-state index contributed by atoms with van der Waals surface area (Å²) in [7, 11) is 0. The summed E-state index contributed by atoms with van der Waals surface area (Å²) in [6.07, 6.45) is 0. The van der Waals surface area contributed by atoms with Crippen molar-refractivity contribution in [3.05, 3.63) is 0 Å². The topological polar surface area (TPSA) is 72.3 Å². The fourth-order valence-electron chi connectivity index (χ4n) is 0. The van der Waals surface area contributed by atoms with Crippen LogP contribution >= 0.6 is 0 Å². The van der Waals surface area contributed by atoms with Crippen molar-refractivity contribution >= 4 is 4.87 Å². The van der Waals surface area contributed by atoms with Crippen LogP contribution in [0.4, 0.5) is 4.79 Å². The molecule has 0 aromatic rings. The second-order valence-corrected chi connectivity index (χ2v) is 0.623. The molecule has 0 bridgehead atoms. The Morgan fingerprint density at radius 1 is 1.80 bits per heavy atom. The van der Waals surface area contributed by atoms with Crippen molar-refractivity contribution in [2.45, 2.75) is 0 Å². The van der Waals surface area contributed by atoms with E-state index >= 15 is 0 Å². The first kappa shape index (κ1) is 8.87. The van der Waals surface area contributed by atoms with Gasteiger partial charge in [-0.25, -0.2) is 0 Å². The van der Waals surface area contributed by atoms with Crippen molar-refractivity contribution in [3.63, 3.8) is 0 Å². The molecule has 0 fully saturated rings. The molecule has 36 valence electrons. The molecule has 5 heavy (non-hydrogen) atoms. The number of carboxylic acid groups (broad SMARTS) is 1. The number of rotatable bonds is 0. The summed E-state index contributed by atoms with van der Waals surface area (Å²) in [6, 6.07) is 0. The molecule has 0 atom stereocenters. The van der Waals surface area contributed by atoms with Gasteiger partial charge < -0.3 is 6.15 Å². The summed E-state index contributed by atoms with van der Waals surface area (Å²) in [5.41, 5.74) is 0. The summed E-state index contributed by atoms with van der Waals surface area (Å²) in [5, 5.41) is 7.22. The molecule has 4 heteroatoms. The van der Waals surface area contributed by atoms with Crippen LogP contribution in [0.5, 0.6) is 0 Å². The Bertz CT molecular complexity index is 32.6. The molecule has 0 aromatic carbocycles. The molecule has 0 radical (unpaired) electrons. The van der Waals surface area contributed by atoms with Gasteiger partial charge in [0.25, 0.3) is 0 Å². The second-order valence-electron chi connectivity index (χ2n) is 0.220. The van der Waals surface area contributed by atoms with Crippen molar-refractivity contribution in [2.24, 2.45) is 0 Å². The van der Waals surface area contributed by atoms with Gasteiger partial charge in [-0.2, -0.15) is 0 Å². The van der Waals surface area contributed by atoms with E-state index in [9.17, 15) is 0 Å². The Hall–Kier alpha value is -0.0505. The summed E-state index contributed by atoms with van der Waals surface area (Å²) >= 11 is 3.66. The van der Waals surface area contributed by atoms with Gasteiger partial charge >= 0.3 is 30.8 Å². The number of carbonyl (C=O) groups is 1. The predicted molar refractivity (Wildman–Crippen MR) is 13.0 cm³/mol.